The van der Waals surface area contributed by atoms with Gasteiger partial charge in [-0.05, 0) is 48.5 Å². The van der Waals surface area contributed by atoms with E-state index < -0.39 is 0 Å². The summed E-state index contributed by atoms with van der Waals surface area (Å²) in [6.45, 7) is 1.86. The second-order valence-corrected chi connectivity index (χ2v) is 6.43. The fourth-order valence-electron chi connectivity index (χ4n) is 2.66. The van der Waals surface area contributed by atoms with E-state index in [1.54, 1.807) is 18.2 Å². The highest BCUT2D eigenvalue weighted by atomic mass is 127. The van der Waals surface area contributed by atoms with Crippen molar-refractivity contribution in [2.75, 3.05) is 25.5 Å². The molecule has 0 aromatic heterocycles. The Kier molecular flexibility index (Phi) is 5.59. The maximum absolute atomic E-state index is 10.7. The molecule has 0 spiro atoms. The predicted octanol–water partition coefficient (Wildman–Crippen LogP) is 3.49. The fraction of sp³-hybridized carbons (Fsp3) is 0.571. The van der Waals surface area contributed by atoms with Crippen molar-refractivity contribution < 1.29 is 4.92 Å². The van der Waals surface area contributed by atoms with Gasteiger partial charge in [0.1, 0.15) is 0 Å². The zero-order chi connectivity index (χ0) is 14.5. The number of nitro benzene ring substituents is 1. The lowest BCUT2D eigenvalue weighted by Gasteiger charge is -2.24. The molecule has 1 saturated carbocycles. The van der Waals surface area contributed by atoms with Crippen LogP contribution in [0.3, 0.4) is 0 Å². The lowest BCUT2D eigenvalue weighted by Crippen LogP contribution is -2.33. The monoisotopic (exact) mass is 389 g/mol. The second-order valence-electron chi connectivity index (χ2n) is 5.27. The van der Waals surface area contributed by atoms with Crippen molar-refractivity contribution in [2.45, 2.75) is 31.7 Å². The molecule has 6 heteroatoms. The van der Waals surface area contributed by atoms with Crippen molar-refractivity contribution in [3.63, 3.8) is 0 Å². The molecule has 2 rings (SSSR count). The Hall–Kier alpha value is -0.890. The van der Waals surface area contributed by atoms with E-state index in [2.05, 4.69) is 39.9 Å². The van der Waals surface area contributed by atoms with Crippen LogP contribution in [0.15, 0.2) is 18.2 Å². The Labute approximate surface area is 133 Å². The number of hydrogen-bond donors (Lipinski definition) is 1. The third kappa shape index (κ3) is 4.05. The summed E-state index contributed by atoms with van der Waals surface area (Å²) in [6.07, 6.45) is 5.32. The van der Waals surface area contributed by atoms with Crippen molar-refractivity contribution in [3.8, 4) is 0 Å². The SMILES string of the molecule is CN(CCNc1ccc([N+](=O)[O-])cc1I)C1CCCC1. The molecule has 20 heavy (non-hydrogen) atoms. The van der Waals surface area contributed by atoms with E-state index in [1.165, 1.54) is 25.7 Å². The van der Waals surface area contributed by atoms with Gasteiger partial charge in [0.25, 0.3) is 5.69 Å². The first-order valence-electron chi connectivity index (χ1n) is 6.96. The molecule has 110 valence electrons. The van der Waals surface area contributed by atoms with Crippen LogP contribution < -0.4 is 5.32 Å². The normalized spacial score (nSPS) is 15.8. The highest BCUT2D eigenvalue weighted by Crippen LogP contribution is 2.24. The van der Waals surface area contributed by atoms with E-state index >= 15 is 0 Å². The molecule has 1 aliphatic carbocycles. The number of benzene rings is 1. The largest absolute Gasteiger partial charge is 0.383 e. The summed E-state index contributed by atoms with van der Waals surface area (Å²) in [4.78, 5) is 12.7. The first-order valence-corrected chi connectivity index (χ1v) is 8.04. The highest BCUT2D eigenvalue weighted by Gasteiger charge is 2.18. The van der Waals surface area contributed by atoms with E-state index in [0.29, 0.717) is 0 Å². The van der Waals surface area contributed by atoms with Crippen LogP contribution in [0.5, 0.6) is 0 Å². The van der Waals surface area contributed by atoms with E-state index in [4.69, 9.17) is 0 Å². The van der Waals surface area contributed by atoms with Crippen LogP contribution in [-0.4, -0.2) is 36.0 Å². The Morgan fingerprint density at radius 3 is 2.75 bits per heavy atom. The zero-order valence-corrected chi connectivity index (χ0v) is 13.8. The van der Waals surface area contributed by atoms with Gasteiger partial charge in [0.2, 0.25) is 0 Å². The van der Waals surface area contributed by atoms with Crippen LogP contribution in [0.4, 0.5) is 11.4 Å². The molecular formula is C14H20IN3O2. The first-order chi connectivity index (χ1) is 9.58. The quantitative estimate of drug-likeness (QED) is 0.460. The summed E-state index contributed by atoms with van der Waals surface area (Å²) >= 11 is 2.13. The van der Waals surface area contributed by atoms with Gasteiger partial charge in [-0.3, -0.25) is 10.1 Å². The Bertz CT molecular complexity index is 475. The molecule has 0 atom stereocenters. The summed E-state index contributed by atoms with van der Waals surface area (Å²) in [5.41, 5.74) is 1.11. The zero-order valence-electron chi connectivity index (χ0n) is 11.6. The minimum absolute atomic E-state index is 0.142. The minimum Gasteiger partial charge on any atom is -0.383 e. The Balaban J connectivity index is 1.83. The van der Waals surface area contributed by atoms with Crippen LogP contribution in [0.2, 0.25) is 0 Å². The van der Waals surface area contributed by atoms with E-state index in [1.807, 2.05) is 0 Å². The van der Waals surface area contributed by atoms with Gasteiger partial charge in [0.05, 0.1) is 4.92 Å². The van der Waals surface area contributed by atoms with Crippen LogP contribution in [0.25, 0.3) is 0 Å². The molecule has 0 saturated heterocycles. The minimum atomic E-state index is -0.361. The summed E-state index contributed by atoms with van der Waals surface area (Å²) in [5, 5.41) is 14.1. The van der Waals surface area contributed by atoms with E-state index in [0.717, 1.165) is 28.4 Å². The van der Waals surface area contributed by atoms with Crippen molar-refractivity contribution in [3.05, 3.63) is 31.9 Å². The number of non-ortho nitro benzene ring substituents is 1. The highest BCUT2D eigenvalue weighted by molar-refractivity contribution is 14.1. The lowest BCUT2D eigenvalue weighted by atomic mass is 10.2. The molecule has 1 aliphatic rings. The van der Waals surface area contributed by atoms with Crippen molar-refractivity contribution in [1.82, 2.24) is 4.90 Å². The predicted molar refractivity (Wildman–Crippen MR) is 89.2 cm³/mol. The average Bonchev–Trinajstić information content (AvgIpc) is 2.94. The van der Waals surface area contributed by atoms with E-state index in [9.17, 15) is 10.1 Å². The van der Waals surface area contributed by atoms with Gasteiger partial charge < -0.3 is 10.2 Å². The van der Waals surface area contributed by atoms with E-state index in [-0.39, 0.29) is 10.6 Å². The number of likely N-dealkylation sites (N-methyl/N-ethyl adjacent to an activating group) is 1. The van der Waals surface area contributed by atoms with Gasteiger partial charge in [-0.2, -0.15) is 0 Å². The lowest BCUT2D eigenvalue weighted by molar-refractivity contribution is -0.384. The standard InChI is InChI=1S/C14H20IN3O2/c1-17(11-4-2-3-5-11)9-8-16-14-7-6-12(18(19)20)10-13(14)15/h6-7,10-11,16H,2-5,8-9H2,1H3. The van der Waals surface area contributed by atoms with Crippen LogP contribution in [0.1, 0.15) is 25.7 Å². The van der Waals surface area contributed by atoms with Crippen molar-refractivity contribution in [2.24, 2.45) is 0 Å². The number of anilines is 1. The summed E-state index contributed by atoms with van der Waals surface area (Å²) in [6, 6.07) is 5.66. The fourth-order valence-corrected chi connectivity index (χ4v) is 3.35. The number of nitrogens with one attached hydrogen (secondary N) is 1. The number of nitro groups is 1. The van der Waals surface area contributed by atoms with Gasteiger partial charge >= 0.3 is 0 Å². The molecule has 1 N–H and O–H groups in total. The third-order valence-electron chi connectivity index (χ3n) is 3.89. The molecule has 0 radical (unpaired) electrons. The maximum atomic E-state index is 10.7. The van der Waals surface area contributed by atoms with Gasteiger partial charge in [-0.25, -0.2) is 0 Å². The smallest absolute Gasteiger partial charge is 0.270 e. The summed E-state index contributed by atoms with van der Waals surface area (Å²) in [5.74, 6) is 0. The average molecular weight is 389 g/mol. The second kappa shape index (κ2) is 7.21. The van der Waals surface area contributed by atoms with Gasteiger partial charge in [-0.1, -0.05) is 12.8 Å². The molecule has 0 heterocycles. The molecule has 5 nitrogen and oxygen atoms in total. The number of rotatable bonds is 6. The molecule has 1 aromatic rings. The van der Waals surface area contributed by atoms with Crippen LogP contribution in [0, 0.1) is 13.7 Å². The molecule has 0 amide bonds. The molecule has 1 fully saturated rings. The number of hydrogen-bond acceptors (Lipinski definition) is 4. The number of halogens is 1. The summed E-state index contributed by atoms with van der Waals surface area (Å²) < 4.78 is 0.889. The topological polar surface area (TPSA) is 58.4 Å². The molecule has 0 bridgehead atoms. The summed E-state index contributed by atoms with van der Waals surface area (Å²) in [7, 11) is 2.18. The van der Waals surface area contributed by atoms with Crippen LogP contribution in [-0.2, 0) is 0 Å². The van der Waals surface area contributed by atoms with Crippen molar-refractivity contribution >= 4 is 34.0 Å². The Morgan fingerprint density at radius 2 is 2.15 bits per heavy atom. The maximum Gasteiger partial charge on any atom is 0.270 e. The van der Waals surface area contributed by atoms with Crippen LogP contribution >= 0.6 is 22.6 Å². The molecule has 1 aromatic carbocycles. The molecule has 0 unspecified atom stereocenters. The van der Waals surface area contributed by atoms with Gasteiger partial charge in [0.15, 0.2) is 0 Å². The van der Waals surface area contributed by atoms with Gasteiger partial charge in [-0.15, -0.1) is 0 Å². The van der Waals surface area contributed by atoms with Gasteiger partial charge in [0, 0.05) is 40.5 Å². The Morgan fingerprint density at radius 1 is 1.45 bits per heavy atom. The van der Waals surface area contributed by atoms with Crippen molar-refractivity contribution in [1.29, 1.82) is 0 Å². The number of nitrogens with zero attached hydrogens (tertiary/aromatic N) is 2. The molecular weight excluding hydrogens is 369 g/mol. The third-order valence-corrected chi connectivity index (χ3v) is 4.78. The molecule has 0 aliphatic heterocycles. The first kappa shape index (κ1) is 15.5.